The summed E-state index contributed by atoms with van der Waals surface area (Å²) in [5.41, 5.74) is 1.97. The van der Waals surface area contributed by atoms with Gasteiger partial charge in [0.2, 0.25) is 0 Å². The third kappa shape index (κ3) is 2.99. The van der Waals surface area contributed by atoms with Crippen LogP contribution in [0.1, 0.15) is 31.6 Å². The Morgan fingerprint density at radius 1 is 1.24 bits per heavy atom. The van der Waals surface area contributed by atoms with Crippen LogP contribution in [0.5, 0.6) is 0 Å². The summed E-state index contributed by atoms with van der Waals surface area (Å²) in [6.45, 7) is 1.74. The largest absolute Gasteiger partial charge is 0.441 e. The van der Waals surface area contributed by atoms with Gasteiger partial charge in [0.05, 0.1) is 5.92 Å². The van der Waals surface area contributed by atoms with Crippen molar-refractivity contribution in [1.29, 1.82) is 0 Å². The Morgan fingerprint density at radius 3 is 2.76 bits per heavy atom. The second-order valence-electron chi connectivity index (χ2n) is 5.60. The lowest BCUT2D eigenvalue weighted by molar-refractivity contribution is -0.184. The van der Waals surface area contributed by atoms with Crippen LogP contribution in [0.15, 0.2) is 22.6 Å². The number of alkyl halides is 3. The molecule has 0 amide bonds. The van der Waals surface area contributed by atoms with Gasteiger partial charge in [0.15, 0.2) is 11.5 Å². The van der Waals surface area contributed by atoms with Crippen molar-refractivity contribution >= 4 is 16.8 Å². The van der Waals surface area contributed by atoms with Gasteiger partial charge in [-0.15, -0.1) is 0 Å². The minimum Gasteiger partial charge on any atom is -0.441 e. The first-order valence-corrected chi connectivity index (χ1v) is 7.14. The number of aryl methyl sites for hydroxylation is 1. The molecule has 0 bridgehead atoms. The fourth-order valence-corrected chi connectivity index (χ4v) is 3.04. The molecule has 1 fully saturated rings. The molecular weight excluding hydrogens is 281 g/mol. The molecule has 1 N–H and O–H groups in total. The van der Waals surface area contributed by atoms with Crippen molar-refractivity contribution in [2.45, 2.75) is 44.8 Å². The van der Waals surface area contributed by atoms with E-state index in [0.717, 1.165) is 6.42 Å². The van der Waals surface area contributed by atoms with Crippen LogP contribution < -0.4 is 5.32 Å². The lowest BCUT2D eigenvalue weighted by Gasteiger charge is -2.34. The molecule has 0 saturated heterocycles. The number of benzene rings is 1. The Hall–Kier alpha value is -1.72. The fourth-order valence-electron chi connectivity index (χ4n) is 3.04. The molecule has 6 heteroatoms. The Kier molecular flexibility index (Phi) is 3.55. The second kappa shape index (κ2) is 5.24. The lowest BCUT2D eigenvalue weighted by atomic mass is 9.84. The van der Waals surface area contributed by atoms with Gasteiger partial charge in [0.25, 0.3) is 0 Å². The molecule has 2 unspecified atom stereocenters. The number of anilines is 1. The molecule has 0 aliphatic heterocycles. The highest BCUT2D eigenvalue weighted by atomic mass is 19.4. The number of hydrogen-bond acceptors (Lipinski definition) is 3. The van der Waals surface area contributed by atoms with Gasteiger partial charge in [-0.05, 0) is 31.0 Å². The van der Waals surface area contributed by atoms with E-state index in [1.807, 2.05) is 0 Å². The van der Waals surface area contributed by atoms with Crippen molar-refractivity contribution in [2.75, 3.05) is 5.32 Å². The van der Waals surface area contributed by atoms with Crippen molar-refractivity contribution in [2.24, 2.45) is 5.92 Å². The average Bonchev–Trinajstić information content (AvgIpc) is 2.77. The van der Waals surface area contributed by atoms with E-state index in [4.69, 9.17) is 4.42 Å². The van der Waals surface area contributed by atoms with Gasteiger partial charge in [-0.3, -0.25) is 0 Å². The van der Waals surface area contributed by atoms with Crippen LogP contribution in [0, 0.1) is 12.8 Å². The predicted octanol–water partition coefficient (Wildman–Crippen LogP) is 4.67. The van der Waals surface area contributed by atoms with Crippen molar-refractivity contribution in [3.8, 4) is 0 Å². The van der Waals surface area contributed by atoms with E-state index in [1.54, 1.807) is 25.1 Å². The molecule has 21 heavy (non-hydrogen) atoms. The van der Waals surface area contributed by atoms with Gasteiger partial charge < -0.3 is 9.73 Å². The minimum absolute atomic E-state index is 0.201. The SMILES string of the molecule is Cc1nc2cc(NC3CCCCC3C(F)(F)F)ccc2o1. The Labute approximate surface area is 120 Å². The van der Waals surface area contributed by atoms with Crippen molar-refractivity contribution in [3.05, 3.63) is 24.1 Å². The third-order valence-corrected chi connectivity index (χ3v) is 4.03. The van der Waals surface area contributed by atoms with Crippen LogP contribution in [-0.2, 0) is 0 Å². The van der Waals surface area contributed by atoms with Crippen LogP contribution in [0.25, 0.3) is 11.1 Å². The monoisotopic (exact) mass is 298 g/mol. The normalized spacial score (nSPS) is 23.4. The van der Waals surface area contributed by atoms with Crippen LogP contribution in [0.4, 0.5) is 18.9 Å². The van der Waals surface area contributed by atoms with Gasteiger partial charge in [-0.1, -0.05) is 12.8 Å². The van der Waals surface area contributed by atoms with E-state index >= 15 is 0 Å². The van der Waals surface area contributed by atoms with Crippen LogP contribution in [0.2, 0.25) is 0 Å². The highest BCUT2D eigenvalue weighted by molar-refractivity contribution is 5.77. The molecule has 1 aromatic heterocycles. The van der Waals surface area contributed by atoms with E-state index in [0.29, 0.717) is 35.5 Å². The van der Waals surface area contributed by atoms with Crippen LogP contribution in [-0.4, -0.2) is 17.2 Å². The molecule has 2 aromatic rings. The summed E-state index contributed by atoms with van der Waals surface area (Å²) in [5, 5.41) is 3.04. The number of fused-ring (bicyclic) bond motifs is 1. The minimum atomic E-state index is -4.15. The summed E-state index contributed by atoms with van der Waals surface area (Å²) in [5.74, 6) is -0.728. The fraction of sp³-hybridized carbons (Fsp3) is 0.533. The molecule has 114 valence electrons. The molecule has 3 rings (SSSR count). The molecule has 0 radical (unpaired) electrons. The summed E-state index contributed by atoms with van der Waals surface area (Å²) in [6, 6.07) is 4.66. The zero-order chi connectivity index (χ0) is 15.0. The maximum atomic E-state index is 13.1. The van der Waals surface area contributed by atoms with E-state index in [2.05, 4.69) is 10.3 Å². The van der Waals surface area contributed by atoms with E-state index in [1.165, 1.54) is 0 Å². The molecule has 1 aliphatic carbocycles. The number of nitrogens with zero attached hydrogens (tertiary/aromatic N) is 1. The highest BCUT2D eigenvalue weighted by Crippen LogP contribution is 2.39. The van der Waals surface area contributed by atoms with Crippen molar-refractivity contribution in [1.82, 2.24) is 4.98 Å². The van der Waals surface area contributed by atoms with Crippen molar-refractivity contribution in [3.63, 3.8) is 0 Å². The van der Waals surface area contributed by atoms with E-state index in [-0.39, 0.29) is 6.42 Å². The Bertz CT molecular complexity index is 635. The first-order valence-electron chi connectivity index (χ1n) is 7.14. The Balaban J connectivity index is 1.82. The summed E-state index contributed by atoms with van der Waals surface area (Å²) in [4.78, 5) is 4.21. The number of aromatic nitrogens is 1. The predicted molar refractivity (Wildman–Crippen MR) is 74.2 cm³/mol. The van der Waals surface area contributed by atoms with E-state index < -0.39 is 18.1 Å². The summed E-state index contributed by atoms with van der Waals surface area (Å²) in [6.07, 6.45) is -1.93. The molecule has 3 nitrogen and oxygen atoms in total. The first kappa shape index (κ1) is 14.2. The summed E-state index contributed by atoms with van der Waals surface area (Å²) < 4.78 is 44.6. The maximum Gasteiger partial charge on any atom is 0.393 e. The van der Waals surface area contributed by atoms with Gasteiger partial charge in [-0.25, -0.2) is 4.98 Å². The zero-order valence-corrected chi connectivity index (χ0v) is 11.7. The summed E-state index contributed by atoms with van der Waals surface area (Å²) in [7, 11) is 0. The number of hydrogen-bond donors (Lipinski definition) is 1. The number of rotatable bonds is 2. The maximum absolute atomic E-state index is 13.1. The topological polar surface area (TPSA) is 38.1 Å². The zero-order valence-electron chi connectivity index (χ0n) is 11.7. The van der Waals surface area contributed by atoms with Gasteiger partial charge >= 0.3 is 6.18 Å². The molecule has 1 saturated carbocycles. The quantitative estimate of drug-likeness (QED) is 0.875. The van der Waals surface area contributed by atoms with Gasteiger partial charge in [0.1, 0.15) is 5.52 Å². The molecule has 1 aliphatic rings. The molecule has 2 atom stereocenters. The molecule has 1 heterocycles. The molecular formula is C15H17F3N2O. The average molecular weight is 298 g/mol. The van der Waals surface area contributed by atoms with Crippen LogP contribution >= 0.6 is 0 Å². The number of oxazole rings is 1. The highest BCUT2D eigenvalue weighted by Gasteiger charge is 2.45. The summed E-state index contributed by atoms with van der Waals surface area (Å²) >= 11 is 0. The van der Waals surface area contributed by atoms with Gasteiger partial charge in [0, 0.05) is 18.7 Å². The first-order chi connectivity index (χ1) is 9.93. The number of nitrogens with one attached hydrogen (secondary N) is 1. The smallest absolute Gasteiger partial charge is 0.393 e. The second-order valence-corrected chi connectivity index (χ2v) is 5.60. The lowest BCUT2D eigenvalue weighted by Crippen LogP contribution is -2.41. The number of halogens is 3. The van der Waals surface area contributed by atoms with Crippen LogP contribution in [0.3, 0.4) is 0 Å². The van der Waals surface area contributed by atoms with E-state index in [9.17, 15) is 13.2 Å². The molecule has 1 aromatic carbocycles. The molecule has 0 spiro atoms. The van der Waals surface area contributed by atoms with Crippen molar-refractivity contribution < 1.29 is 17.6 Å². The Morgan fingerprint density at radius 2 is 2.00 bits per heavy atom. The van der Waals surface area contributed by atoms with Gasteiger partial charge in [-0.2, -0.15) is 13.2 Å². The third-order valence-electron chi connectivity index (χ3n) is 4.03. The standard InChI is InChI=1S/C15H17F3N2O/c1-9-19-13-8-10(6-7-14(13)21-9)20-12-5-3-2-4-11(12)15(16,17)18/h6-8,11-12,20H,2-5H2,1H3.